The minimum Gasteiger partial charge on any atom is -0.303 e. The molecule has 0 aliphatic rings. The van der Waals surface area contributed by atoms with Crippen molar-refractivity contribution < 1.29 is 4.79 Å². The minimum atomic E-state index is 0.0809. The van der Waals surface area contributed by atoms with Crippen LogP contribution in [0.15, 0.2) is 23.8 Å². The molecule has 1 heteroatoms. The predicted molar refractivity (Wildman–Crippen MR) is 76.1 cm³/mol. The molecule has 0 saturated carbocycles. The molecular weight excluding hydrogens is 208 g/mol. The molecule has 1 unspecified atom stereocenters. The average Bonchev–Trinajstić information content (AvgIpc) is 2.28. The zero-order valence-corrected chi connectivity index (χ0v) is 11.8. The highest BCUT2D eigenvalue weighted by Crippen LogP contribution is 2.20. The molecule has 0 radical (unpaired) electrons. The lowest BCUT2D eigenvalue weighted by molar-refractivity contribution is -0.110. The first kappa shape index (κ1) is 16.1. The Bertz CT molecular complexity index is 246. The molecule has 0 fully saturated rings. The van der Waals surface area contributed by atoms with Gasteiger partial charge in [0, 0.05) is 5.92 Å². The molecule has 0 aromatic carbocycles. The largest absolute Gasteiger partial charge is 0.303 e. The van der Waals surface area contributed by atoms with Gasteiger partial charge in [0.05, 0.1) is 0 Å². The number of carbonyl (C=O) groups excluding carboxylic acids is 1. The highest BCUT2D eigenvalue weighted by molar-refractivity contribution is 5.58. The fourth-order valence-corrected chi connectivity index (χ4v) is 1.89. The van der Waals surface area contributed by atoms with Gasteiger partial charge in [0.2, 0.25) is 0 Å². The van der Waals surface area contributed by atoms with E-state index in [0.29, 0.717) is 0 Å². The number of hydrogen-bond donors (Lipinski definition) is 0. The smallest absolute Gasteiger partial charge is 0.127 e. The summed E-state index contributed by atoms with van der Waals surface area (Å²) in [5, 5.41) is 0. The van der Waals surface area contributed by atoms with E-state index in [0.717, 1.165) is 37.5 Å². The Morgan fingerprint density at radius 3 is 2.47 bits per heavy atom. The normalized spacial score (nSPS) is 11.9. The van der Waals surface area contributed by atoms with Crippen LogP contribution in [0.2, 0.25) is 0 Å². The van der Waals surface area contributed by atoms with Crippen molar-refractivity contribution in [2.24, 2.45) is 5.92 Å². The van der Waals surface area contributed by atoms with Gasteiger partial charge in [-0.3, -0.25) is 0 Å². The summed E-state index contributed by atoms with van der Waals surface area (Å²) in [5.74, 6) is 0.0809. The van der Waals surface area contributed by atoms with Crippen molar-refractivity contribution in [1.82, 2.24) is 0 Å². The van der Waals surface area contributed by atoms with Crippen molar-refractivity contribution in [3.8, 4) is 0 Å². The summed E-state index contributed by atoms with van der Waals surface area (Å²) in [6.45, 7) is 10.5. The summed E-state index contributed by atoms with van der Waals surface area (Å²) < 4.78 is 0. The van der Waals surface area contributed by atoms with Crippen LogP contribution in [-0.4, -0.2) is 6.29 Å². The van der Waals surface area contributed by atoms with Crippen molar-refractivity contribution >= 4 is 6.29 Å². The molecule has 0 aromatic heterocycles. The van der Waals surface area contributed by atoms with Crippen LogP contribution in [0.1, 0.15) is 65.7 Å². The van der Waals surface area contributed by atoms with E-state index < -0.39 is 0 Å². The van der Waals surface area contributed by atoms with Gasteiger partial charge in [0.25, 0.3) is 0 Å². The highest BCUT2D eigenvalue weighted by Gasteiger charge is 2.10. The lowest BCUT2D eigenvalue weighted by Gasteiger charge is -2.12. The number of hydrogen-bond acceptors (Lipinski definition) is 1. The Morgan fingerprint density at radius 1 is 1.24 bits per heavy atom. The van der Waals surface area contributed by atoms with Gasteiger partial charge in [-0.1, -0.05) is 56.4 Å². The predicted octanol–water partition coefficient (Wildman–Crippen LogP) is 5.07. The summed E-state index contributed by atoms with van der Waals surface area (Å²) in [4.78, 5) is 11.0. The molecule has 0 N–H and O–H groups in total. The molecule has 0 heterocycles. The standard InChI is InChI=1S/C16H28O/c1-5-6-7-8-12-16(13-17)15(4)11-9-10-14(2)3/h10,13,16H,4-9,11-12H2,1-3H3. The van der Waals surface area contributed by atoms with Gasteiger partial charge in [-0.15, -0.1) is 0 Å². The van der Waals surface area contributed by atoms with E-state index in [4.69, 9.17) is 0 Å². The number of unbranched alkanes of at least 4 members (excludes halogenated alkanes) is 3. The van der Waals surface area contributed by atoms with Crippen LogP contribution >= 0.6 is 0 Å². The van der Waals surface area contributed by atoms with E-state index in [1.54, 1.807) is 0 Å². The molecule has 17 heavy (non-hydrogen) atoms. The summed E-state index contributed by atoms with van der Waals surface area (Å²) >= 11 is 0. The van der Waals surface area contributed by atoms with Gasteiger partial charge in [0.15, 0.2) is 0 Å². The van der Waals surface area contributed by atoms with Crippen molar-refractivity contribution in [2.75, 3.05) is 0 Å². The summed E-state index contributed by atoms with van der Waals surface area (Å²) in [5.41, 5.74) is 2.44. The van der Waals surface area contributed by atoms with E-state index in [9.17, 15) is 4.79 Å². The Labute approximate surface area is 107 Å². The van der Waals surface area contributed by atoms with E-state index in [1.165, 1.54) is 24.8 Å². The Kier molecular flexibility index (Phi) is 9.80. The Morgan fingerprint density at radius 2 is 1.94 bits per heavy atom. The maximum Gasteiger partial charge on any atom is 0.127 e. The lowest BCUT2D eigenvalue weighted by Crippen LogP contribution is -2.05. The fourth-order valence-electron chi connectivity index (χ4n) is 1.89. The van der Waals surface area contributed by atoms with Gasteiger partial charge in [-0.2, -0.15) is 0 Å². The molecule has 0 spiro atoms. The second-order valence-electron chi connectivity index (χ2n) is 5.07. The second-order valence-corrected chi connectivity index (χ2v) is 5.07. The molecule has 98 valence electrons. The molecule has 0 rings (SSSR count). The van der Waals surface area contributed by atoms with E-state index in [1.807, 2.05) is 0 Å². The fraction of sp³-hybridized carbons (Fsp3) is 0.688. The van der Waals surface area contributed by atoms with Gasteiger partial charge >= 0.3 is 0 Å². The Balaban J connectivity index is 3.87. The third-order valence-corrected chi connectivity index (χ3v) is 3.08. The van der Waals surface area contributed by atoms with Crippen LogP contribution in [0, 0.1) is 5.92 Å². The second kappa shape index (κ2) is 10.3. The zero-order chi connectivity index (χ0) is 13.1. The van der Waals surface area contributed by atoms with Gasteiger partial charge in [-0.05, 0) is 33.1 Å². The topological polar surface area (TPSA) is 17.1 Å². The molecule has 1 atom stereocenters. The first-order chi connectivity index (χ1) is 8.11. The van der Waals surface area contributed by atoms with Crippen LogP contribution in [0.4, 0.5) is 0 Å². The van der Waals surface area contributed by atoms with Gasteiger partial charge in [-0.25, -0.2) is 0 Å². The van der Waals surface area contributed by atoms with Crippen molar-refractivity contribution in [3.63, 3.8) is 0 Å². The van der Waals surface area contributed by atoms with Crippen LogP contribution < -0.4 is 0 Å². The van der Waals surface area contributed by atoms with Gasteiger partial charge < -0.3 is 4.79 Å². The quantitative estimate of drug-likeness (QED) is 0.294. The van der Waals surface area contributed by atoms with Crippen LogP contribution in [0.25, 0.3) is 0 Å². The molecule has 0 aliphatic heterocycles. The van der Waals surface area contributed by atoms with Crippen molar-refractivity contribution in [1.29, 1.82) is 0 Å². The number of carbonyl (C=O) groups is 1. The molecule has 0 amide bonds. The molecule has 1 nitrogen and oxygen atoms in total. The SMILES string of the molecule is C=C(CCC=C(C)C)C(C=O)CCCCCC. The van der Waals surface area contributed by atoms with E-state index in [-0.39, 0.29) is 5.92 Å². The molecular formula is C16H28O. The van der Waals surface area contributed by atoms with Crippen LogP contribution in [0.5, 0.6) is 0 Å². The first-order valence-corrected chi connectivity index (χ1v) is 6.88. The van der Waals surface area contributed by atoms with Crippen molar-refractivity contribution in [3.05, 3.63) is 23.8 Å². The highest BCUT2D eigenvalue weighted by atomic mass is 16.1. The maximum absolute atomic E-state index is 11.0. The third kappa shape index (κ3) is 8.91. The molecule has 0 aliphatic carbocycles. The minimum absolute atomic E-state index is 0.0809. The average molecular weight is 236 g/mol. The lowest BCUT2D eigenvalue weighted by atomic mass is 9.92. The van der Waals surface area contributed by atoms with E-state index in [2.05, 4.69) is 33.4 Å². The number of aldehydes is 1. The number of rotatable bonds is 10. The van der Waals surface area contributed by atoms with E-state index >= 15 is 0 Å². The summed E-state index contributed by atoms with van der Waals surface area (Å²) in [6.07, 6.45) is 11.1. The zero-order valence-electron chi connectivity index (χ0n) is 11.8. The third-order valence-electron chi connectivity index (χ3n) is 3.08. The first-order valence-electron chi connectivity index (χ1n) is 6.88. The monoisotopic (exact) mass is 236 g/mol. The Hall–Kier alpha value is -0.850. The van der Waals surface area contributed by atoms with Crippen molar-refractivity contribution in [2.45, 2.75) is 65.7 Å². The number of allylic oxidation sites excluding steroid dienone is 3. The molecule has 0 bridgehead atoms. The molecule has 0 aromatic rings. The summed E-state index contributed by atoms with van der Waals surface area (Å²) in [7, 11) is 0. The van der Waals surface area contributed by atoms with Crippen LogP contribution in [0.3, 0.4) is 0 Å². The summed E-state index contributed by atoms with van der Waals surface area (Å²) in [6, 6.07) is 0. The van der Waals surface area contributed by atoms with Crippen LogP contribution in [-0.2, 0) is 4.79 Å². The van der Waals surface area contributed by atoms with Gasteiger partial charge in [0.1, 0.15) is 6.29 Å². The molecule has 0 saturated heterocycles. The maximum atomic E-state index is 11.0.